The number of nitrogens with two attached hydrogens (primary N) is 1. The first-order valence-corrected chi connectivity index (χ1v) is 8.71. The van der Waals surface area contributed by atoms with Crippen molar-refractivity contribution in [3.8, 4) is 0 Å². The third-order valence-electron chi connectivity index (χ3n) is 5.35. The SMILES string of the molecule is CCC1CCC(C(Cc2ccn(C(CC)CC)n2)NN)C1. The molecule has 3 N–H and O–H groups in total. The van der Waals surface area contributed by atoms with Crippen LogP contribution in [0.5, 0.6) is 0 Å². The molecule has 1 heterocycles. The van der Waals surface area contributed by atoms with Gasteiger partial charge in [0.25, 0.3) is 0 Å². The number of rotatable bonds is 8. The molecule has 1 saturated carbocycles. The molecule has 4 nitrogen and oxygen atoms in total. The molecule has 21 heavy (non-hydrogen) atoms. The maximum absolute atomic E-state index is 5.82. The molecule has 0 bridgehead atoms. The molecule has 1 aromatic rings. The Bertz CT molecular complexity index is 411. The third-order valence-corrected chi connectivity index (χ3v) is 5.35. The quantitative estimate of drug-likeness (QED) is 0.570. The first-order valence-electron chi connectivity index (χ1n) is 8.71. The summed E-state index contributed by atoms with van der Waals surface area (Å²) >= 11 is 0. The van der Waals surface area contributed by atoms with Crippen molar-refractivity contribution in [2.45, 2.75) is 77.8 Å². The number of nitrogens with zero attached hydrogens (tertiary/aromatic N) is 2. The first-order chi connectivity index (χ1) is 10.2. The van der Waals surface area contributed by atoms with Crippen LogP contribution in [0.3, 0.4) is 0 Å². The smallest absolute Gasteiger partial charge is 0.0640 e. The lowest BCUT2D eigenvalue weighted by molar-refractivity contribution is 0.343. The van der Waals surface area contributed by atoms with E-state index < -0.39 is 0 Å². The minimum Gasteiger partial charge on any atom is -0.271 e. The Labute approximate surface area is 129 Å². The van der Waals surface area contributed by atoms with Gasteiger partial charge in [-0.3, -0.25) is 16.0 Å². The molecule has 3 atom stereocenters. The van der Waals surface area contributed by atoms with E-state index in [1.54, 1.807) is 0 Å². The molecular formula is C17H32N4. The van der Waals surface area contributed by atoms with Gasteiger partial charge in [-0.15, -0.1) is 0 Å². The Morgan fingerprint density at radius 2 is 2.10 bits per heavy atom. The Hall–Kier alpha value is -0.870. The second-order valence-electron chi connectivity index (χ2n) is 6.58. The van der Waals surface area contributed by atoms with Gasteiger partial charge in [0.1, 0.15) is 0 Å². The van der Waals surface area contributed by atoms with E-state index in [9.17, 15) is 0 Å². The highest BCUT2D eigenvalue weighted by Crippen LogP contribution is 2.35. The summed E-state index contributed by atoms with van der Waals surface area (Å²) in [7, 11) is 0. The van der Waals surface area contributed by atoms with Crippen LogP contribution in [0.1, 0.15) is 71.0 Å². The number of nitrogens with one attached hydrogen (secondary N) is 1. The van der Waals surface area contributed by atoms with E-state index in [0.717, 1.165) is 25.2 Å². The Kier molecular flexibility index (Phi) is 6.24. The Morgan fingerprint density at radius 3 is 2.67 bits per heavy atom. The fourth-order valence-electron chi connectivity index (χ4n) is 3.79. The van der Waals surface area contributed by atoms with Crippen LogP contribution < -0.4 is 11.3 Å². The molecule has 0 aromatic carbocycles. The van der Waals surface area contributed by atoms with Crippen LogP contribution in [0.4, 0.5) is 0 Å². The molecule has 1 aromatic heterocycles. The molecule has 3 unspecified atom stereocenters. The minimum atomic E-state index is 0.367. The van der Waals surface area contributed by atoms with E-state index in [1.165, 1.54) is 31.4 Å². The van der Waals surface area contributed by atoms with E-state index in [0.29, 0.717) is 18.0 Å². The standard InChI is InChI=1S/C17H32N4/c1-4-13-7-8-14(11-13)17(19-18)12-15-9-10-21(20-15)16(5-2)6-3/h9-10,13-14,16-17,19H,4-8,11-12,18H2,1-3H3. The predicted octanol–water partition coefficient (Wildman–Crippen LogP) is 3.44. The minimum absolute atomic E-state index is 0.367. The van der Waals surface area contributed by atoms with Gasteiger partial charge in [0.2, 0.25) is 0 Å². The van der Waals surface area contributed by atoms with Crippen LogP contribution in [0, 0.1) is 11.8 Å². The number of hydrazine groups is 1. The summed E-state index contributed by atoms with van der Waals surface area (Å²) in [6.45, 7) is 6.75. The van der Waals surface area contributed by atoms with Gasteiger partial charge in [-0.25, -0.2) is 0 Å². The fraction of sp³-hybridized carbons (Fsp3) is 0.824. The molecule has 0 amide bonds. The van der Waals surface area contributed by atoms with Gasteiger partial charge in [-0.1, -0.05) is 33.6 Å². The van der Waals surface area contributed by atoms with Crippen molar-refractivity contribution >= 4 is 0 Å². The second-order valence-corrected chi connectivity index (χ2v) is 6.58. The molecule has 0 spiro atoms. The van der Waals surface area contributed by atoms with Gasteiger partial charge >= 0.3 is 0 Å². The summed E-state index contributed by atoms with van der Waals surface area (Å²) in [6.07, 6.45) is 10.6. The van der Waals surface area contributed by atoms with E-state index in [-0.39, 0.29) is 0 Å². The zero-order valence-electron chi connectivity index (χ0n) is 13.9. The Balaban J connectivity index is 1.96. The van der Waals surface area contributed by atoms with Crippen molar-refractivity contribution in [2.24, 2.45) is 17.7 Å². The summed E-state index contributed by atoms with van der Waals surface area (Å²) in [4.78, 5) is 0. The summed E-state index contributed by atoms with van der Waals surface area (Å²) in [5, 5.41) is 4.77. The maximum atomic E-state index is 5.82. The van der Waals surface area contributed by atoms with Gasteiger partial charge in [-0.2, -0.15) is 5.10 Å². The van der Waals surface area contributed by atoms with E-state index in [2.05, 4.69) is 43.1 Å². The summed E-state index contributed by atoms with van der Waals surface area (Å²) in [6, 6.07) is 3.06. The van der Waals surface area contributed by atoms with Gasteiger partial charge in [0.05, 0.1) is 11.7 Å². The zero-order valence-corrected chi connectivity index (χ0v) is 13.9. The number of hydrogen-bond donors (Lipinski definition) is 2. The molecule has 1 aliphatic carbocycles. The van der Waals surface area contributed by atoms with Crippen molar-refractivity contribution in [3.63, 3.8) is 0 Å². The van der Waals surface area contributed by atoms with Crippen molar-refractivity contribution in [1.29, 1.82) is 0 Å². The lowest BCUT2D eigenvalue weighted by Gasteiger charge is -2.22. The van der Waals surface area contributed by atoms with Gasteiger partial charge in [0, 0.05) is 18.7 Å². The zero-order chi connectivity index (χ0) is 15.2. The molecule has 2 rings (SSSR count). The molecule has 1 fully saturated rings. The topological polar surface area (TPSA) is 55.9 Å². The first kappa shape index (κ1) is 16.5. The highest BCUT2D eigenvalue weighted by atomic mass is 15.3. The lowest BCUT2D eigenvalue weighted by Crippen LogP contribution is -2.41. The van der Waals surface area contributed by atoms with Crippen LogP contribution in [0.2, 0.25) is 0 Å². The molecule has 0 aliphatic heterocycles. The fourth-order valence-corrected chi connectivity index (χ4v) is 3.79. The van der Waals surface area contributed by atoms with Crippen molar-refractivity contribution in [1.82, 2.24) is 15.2 Å². The van der Waals surface area contributed by atoms with Gasteiger partial charge in [-0.05, 0) is 43.6 Å². The number of hydrogen-bond acceptors (Lipinski definition) is 3. The average molecular weight is 292 g/mol. The highest BCUT2D eigenvalue weighted by Gasteiger charge is 2.30. The van der Waals surface area contributed by atoms with E-state index in [1.807, 2.05) is 0 Å². The number of aromatic nitrogens is 2. The molecule has 0 saturated heterocycles. The Morgan fingerprint density at radius 1 is 1.33 bits per heavy atom. The van der Waals surface area contributed by atoms with E-state index in [4.69, 9.17) is 10.9 Å². The van der Waals surface area contributed by atoms with Gasteiger partial charge in [0.15, 0.2) is 0 Å². The van der Waals surface area contributed by atoms with Gasteiger partial charge < -0.3 is 0 Å². The average Bonchev–Trinajstić information content (AvgIpc) is 3.15. The van der Waals surface area contributed by atoms with Crippen LogP contribution in [0.15, 0.2) is 12.3 Å². The predicted molar refractivity (Wildman–Crippen MR) is 87.8 cm³/mol. The maximum Gasteiger partial charge on any atom is 0.0640 e. The lowest BCUT2D eigenvalue weighted by atomic mass is 9.93. The summed E-state index contributed by atoms with van der Waals surface area (Å²) in [5.74, 6) is 7.42. The molecule has 1 aliphatic rings. The van der Waals surface area contributed by atoms with Crippen LogP contribution >= 0.6 is 0 Å². The third kappa shape index (κ3) is 4.07. The molecule has 120 valence electrons. The van der Waals surface area contributed by atoms with E-state index >= 15 is 0 Å². The summed E-state index contributed by atoms with van der Waals surface area (Å²) < 4.78 is 2.13. The van der Waals surface area contributed by atoms with Crippen molar-refractivity contribution in [2.75, 3.05) is 0 Å². The van der Waals surface area contributed by atoms with Crippen LogP contribution in [-0.2, 0) is 6.42 Å². The molecule has 0 radical (unpaired) electrons. The van der Waals surface area contributed by atoms with Crippen LogP contribution in [0.25, 0.3) is 0 Å². The summed E-state index contributed by atoms with van der Waals surface area (Å²) in [5.41, 5.74) is 4.23. The highest BCUT2D eigenvalue weighted by molar-refractivity contribution is 5.03. The van der Waals surface area contributed by atoms with Crippen molar-refractivity contribution in [3.05, 3.63) is 18.0 Å². The van der Waals surface area contributed by atoms with Crippen molar-refractivity contribution < 1.29 is 0 Å². The molecular weight excluding hydrogens is 260 g/mol. The van der Waals surface area contributed by atoms with Crippen LogP contribution in [-0.4, -0.2) is 15.8 Å². The monoisotopic (exact) mass is 292 g/mol. The largest absolute Gasteiger partial charge is 0.271 e. The normalized spacial score (nSPS) is 23.9. The molecule has 4 heteroatoms. The second kappa shape index (κ2) is 7.95.